The topological polar surface area (TPSA) is 34.6 Å². The van der Waals surface area contributed by atoms with Gasteiger partial charge in [0.05, 0.1) is 30.5 Å². The molecule has 0 unspecified atom stereocenters. The Bertz CT molecular complexity index is 904. The average molecular weight is 383 g/mol. The minimum absolute atomic E-state index is 0.392. The molecule has 4 nitrogen and oxygen atoms in total. The highest BCUT2D eigenvalue weighted by Crippen LogP contribution is 2.38. The average Bonchev–Trinajstić information content (AvgIpc) is 3.13. The third kappa shape index (κ3) is 3.66. The van der Waals surface area contributed by atoms with Crippen LogP contribution in [-0.2, 0) is 6.54 Å². The molecule has 0 amide bonds. The number of hydrogen-bond acceptors (Lipinski definition) is 5. The summed E-state index contributed by atoms with van der Waals surface area (Å²) in [6.07, 6.45) is 3.68. The van der Waals surface area contributed by atoms with Gasteiger partial charge in [-0.3, -0.25) is 4.90 Å². The maximum Gasteiger partial charge on any atom is 0.161 e. The summed E-state index contributed by atoms with van der Waals surface area (Å²) in [6, 6.07) is 13.0. The molecule has 5 heteroatoms. The number of para-hydroxylation sites is 1. The van der Waals surface area contributed by atoms with Crippen molar-refractivity contribution in [3.8, 4) is 11.5 Å². The smallest absolute Gasteiger partial charge is 0.161 e. The number of hydrogen-bond donors (Lipinski definition) is 0. The van der Waals surface area contributed by atoms with Crippen LogP contribution in [0.1, 0.15) is 41.4 Å². The molecular formula is C22H26N2O2S. The lowest BCUT2D eigenvalue weighted by Gasteiger charge is -2.35. The van der Waals surface area contributed by atoms with Gasteiger partial charge in [-0.1, -0.05) is 18.6 Å². The second-order valence-electron chi connectivity index (χ2n) is 7.14. The second kappa shape index (κ2) is 7.87. The molecule has 2 heterocycles. The Morgan fingerprint density at radius 1 is 1.11 bits per heavy atom. The molecule has 4 rings (SSSR count). The fraction of sp³-hybridized carbons (Fsp3) is 0.409. The molecule has 0 aliphatic carbocycles. The van der Waals surface area contributed by atoms with Gasteiger partial charge >= 0.3 is 0 Å². The molecule has 1 aliphatic heterocycles. The van der Waals surface area contributed by atoms with Crippen molar-refractivity contribution in [3.05, 3.63) is 52.5 Å². The van der Waals surface area contributed by atoms with Crippen LogP contribution in [0.5, 0.6) is 11.5 Å². The molecule has 1 fully saturated rings. The maximum absolute atomic E-state index is 5.52. The molecule has 0 N–H and O–H groups in total. The summed E-state index contributed by atoms with van der Waals surface area (Å²) in [5, 5.41) is 1.24. The molecule has 1 atom stereocenters. The van der Waals surface area contributed by atoms with Crippen LogP contribution in [0.2, 0.25) is 0 Å². The summed E-state index contributed by atoms with van der Waals surface area (Å²) in [7, 11) is 3.38. The summed E-state index contributed by atoms with van der Waals surface area (Å²) in [5.74, 6) is 1.59. The first-order chi connectivity index (χ1) is 13.2. The highest BCUT2D eigenvalue weighted by Gasteiger charge is 2.27. The van der Waals surface area contributed by atoms with Crippen molar-refractivity contribution in [1.82, 2.24) is 9.88 Å². The van der Waals surface area contributed by atoms with Crippen LogP contribution in [0.4, 0.5) is 0 Å². The number of aromatic nitrogens is 1. The van der Waals surface area contributed by atoms with E-state index in [1.165, 1.54) is 40.1 Å². The van der Waals surface area contributed by atoms with Gasteiger partial charge in [-0.25, -0.2) is 4.98 Å². The van der Waals surface area contributed by atoms with Crippen molar-refractivity contribution in [2.75, 3.05) is 20.8 Å². The van der Waals surface area contributed by atoms with E-state index in [9.17, 15) is 0 Å². The number of piperidine rings is 1. The van der Waals surface area contributed by atoms with Crippen molar-refractivity contribution in [2.45, 2.75) is 38.8 Å². The van der Waals surface area contributed by atoms with Crippen LogP contribution in [-0.4, -0.2) is 30.6 Å². The normalized spacial score (nSPS) is 18.0. The van der Waals surface area contributed by atoms with E-state index in [1.807, 2.05) is 11.3 Å². The Morgan fingerprint density at radius 2 is 1.89 bits per heavy atom. The van der Waals surface area contributed by atoms with E-state index in [0.29, 0.717) is 6.04 Å². The monoisotopic (exact) mass is 382 g/mol. The van der Waals surface area contributed by atoms with Crippen LogP contribution >= 0.6 is 11.3 Å². The molecule has 27 heavy (non-hydrogen) atoms. The van der Waals surface area contributed by atoms with Gasteiger partial charge in [0, 0.05) is 6.54 Å². The highest BCUT2D eigenvalue weighted by molar-refractivity contribution is 7.18. The number of ether oxygens (including phenoxy) is 2. The largest absolute Gasteiger partial charge is 0.493 e. The molecule has 0 radical (unpaired) electrons. The maximum atomic E-state index is 5.52. The number of rotatable bonds is 5. The molecule has 1 aromatic heterocycles. The summed E-state index contributed by atoms with van der Waals surface area (Å²) in [6.45, 7) is 4.16. The first-order valence-electron chi connectivity index (χ1n) is 9.50. The lowest BCUT2D eigenvalue weighted by molar-refractivity contribution is 0.140. The molecule has 2 aromatic carbocycles. The summed E-state index contributed by atoms with van der Waals surface area (Å²) >= 11 is 1.84. The van der Waals surface area contributed by atoms with Crippen LogP contribution in [0.15, 0.2) is 36.4 Å². The molecule has 1 saturated heterocycles. The van der Waals surface area contributed by atoms with E-state index in [2.05, 4.69) is 48.2 Å². The molecule has 142 valence electrons. The van der Waals surface area contributed by atoms with Crippen molar-refractivity contribution in [3.63, 3.8) is 0 Å². The fourth-order valence-corrected chi connectivity index (χ4v) is 5.04. The molecule has 1 aliphatic rings. The number of nitrogens with zero attached hydrogens (tertiary/aromatic N) is 2. The zero-order valence-corrected chi connectivity index (χ0v) is 17.0. The molecule has 0 bridgehead atoms. The molecule has 3 aromatic rings. The first kappa shape index (κ1) is 18.3. The van der Waals surface area contributed by atoms with Gasteiger partial charge in [-0.15, -0.1) is 11.3 Å². The van der Waals surface area contributed by atoms with E-state index in [4.69, 9.17) is 14.5 Å². The van der Waals surface area contributed by atoms with Gasteiger partial charge in [0.25, 0.3) is 0 Å². The third-order valence-corrected chi connectivity index (χ3v) is 6.56. The van der Waals surface area contributed by atoms with Gasteiger partial charge in [0.15, 0.2) is 11.5 Å². The lowest BCUT2D eigenvalue weighted by atomic mass is 10.00. The Hall–Kier alpha value is -2.11. The number of methoxy groups -OCH3 is 2. The second-order valence-corrected chi connectivity index (χ2v) is 8.20. The summed E-state index contributed by atoms with van der Waals surface area (Å²) in [4.78, 5) is 7.52. The minimum atomic E-state index is 0.392. The number of likely N-dealkylation sites (tertiary alicyclic amines) is 1. The zero-order chi connectivity index (χ0) is 18.8. The van der Waals surface area contributed by atoms with E-state index in [-0.39, 0.29) is 0 Å². The Morgan fingerprint density at radius 3 is 2.67 bits per heavy atom. The quantitative estimate of drug-likeness (QED) is 0.596. The Kier molecular flexibility index (Phi) is 5.32. The van der Waals surface area contributed by atoms with Crippen LogP contribution in [0, 0.1) is 6.92 Å². The van der Waals surface area contributed by atoms with Gasteiger partial charge in [-0.05, 0) is 61.7 Å². The van der Waals surface area contributed by atoms with Crippen LogP contribution < -0.4 is 9.47 Å². The zero-order valence-electron chi connectivity index (χ0n) is 16.2. The van der Waals surface area contributed by atoms with Crippen molar-refractivity contribution < 1.29 is 9.47 Å². The minimum Gasteiger partial charge on any atom is -0.493 e. The number of fused-ring (bicyclic) bond motifs is 1. The summed E-state index contributed by atoms with van der Waals surface area (Å²) in [5.41, 5.74) is 3.65. The molecule has 0 saturated carbocycles. The standard InChI is InChI=1S/C22H26N2O2S/c1-15-12-19(25-2)20(26-3)13-16(15)14-24-11-7-6-9-18(24)22-23-17-8-4-5-10-21(17)27-22/h4-5,8,10,12-13,18H,6-7,9,11,14H2,1-3H3/t18-/m0/s1. The van der Waals surface area contributed by atoms with E-state index >= 15 is 0 Å². The molecular weight excluding hydrogens is 356 g/mol. The lowest BCUT2D eigenvalue weighted by Crippen LogP contribution is -2.33. The highest BCUT2D eigenvalue weighted by atomic mass is 32.1. The number of benzene rings is 2. The van der Waals surface area contributed by atoms with E-state index in [0.717, 1.165) is 30.1 Å². The van der Waals surface area contributed by atoms with Crippen LogP contribution in [0.25, 0.3) is 10.2 Å². The number of aryl methyl sites for hydroxylation is 1. The SMILES string of the molecule is COc1cc(C)c(CN2CCCC[C@H]2c2nc3ccccc3s2)cc1OC. The van der Waals surface area contributed by atoms with Gasteiger partial charge in [-0.2, -0.15) is 0 Å². The van der Waals surface area contributed by atoms with Gasteiger partial charge in [0.1, 0.15) is 5.01 Å². The van der Waals surface area contributed by atoms with Gasteiger partial charge < -0.3 is 9.47 Å². The van der Waals surface area contributed by atoms with Crippen molar-refractivity contribution in [1.29, 1.82) is 0 Å². The third-order valence-electron chi connectivity index (χ3n) is 5.42. The van der Waals surface area contributed by atoms with Crippen molar-refractivity contribution in [2.24, 2.45) is 0 Å². The Balaban J connectivity index is 1.63. The first-order valence-corrected chi connectivity index (χ1v) is 10.3. The Labute approximate surface area is 164 Å². The summed E-state index contributed by atoms with van der Waals surface area (Å²) < 4.78 is 12.2. The predicted octanol–water partition coefficient (Wildman–Crippen LogP) is 5.35. The van der Waals surface area contributed by atoms with Gasteiger partial charge in [0.2, 0.25) is 0 Å². The number of thiazole rings is 1. The van der Waals surface area contributed by atoms with Crippen LogP contribution in [0.3, 0.4) is 0 Å². The van der Waals surface area contributed by atoms with E-state index in [1.54, 1.807) is 14.2 Å². The fourth-order valence-electron chi connectivity index (χ4n) is 3.90. The van der Waals surface area contributed by atoms with Crippen molar-refractivity contribution >= 4 is 21.6 Å². The van der Waals surface area contributed by atoms with E-state index < -0.39 is 0 Å². The molecule has 0 spiro atoms. The predicted molar refractivity (Wildman–Crippen MR) is 111 cm³/mol.